The molecule has 0 aliphatic rings. The largest absolute Gasteiger partial charge is 0.452 e. The number of hydrogen-bond donors (Lipinski definition) is 1. The normalized spacial score (nSPS) is 10.1. The topological polar surface area (TPSA) is 98.5 Å². The summed E-state index contributed by atoms with van der Waals surface area (Å²) in [6, 6.07) is 11.2. The van der Waals surface area contributed by atoms with Crippen molar-refractivity contribution in [2.45, 2.75) is 13.8 Å². The molecule has 0 aliphatic heterocycles. The molecule has 1 N–H and O–H groups in total. The number of nitrogens with one attached hydrogen (secondary N) is 1. The maximum atomic E-state index is 11.9. The number of nitro groups is 1. The maximum absolute atomic E-state index is 11.9. The Morgan fingerprint density at radius 3 is 2.58 bits per heavy atom. The van der Waals surface area contributed by atoms with E-state index in [9.17, 15) is 19.7 Å². The highest BCUT2D eigenvalue weighted by Gasteiger charge is 2.16. The number of aryl methyl sites for hydroxylation is 2. The molecule has 124 valence electrons. The van der Waals surface area contributed by atoms with Crippen LogP contribution in [0.2, 0.25) is 0 Å². The number of nitro benzene ring substituents is 1. The van der Waals surface area contributed by atoms with E-state index in [0.717, 1.165) is 11.6 Å². The van der Waals surface area contributed by atoms with E-state index in [1.807, 2.05) is 13.0 Å². The average Bonchev–Trinajstić information content (AvgIpc) is 2.52. The van der Waals surface area contributed by atoms with Crippen molar-refractivity contribution in [3.8, 4) is 0 Å². The number of carbonyl (C=O) groups is 2. The fourth-order valence-electron chi connectivity index (χ4n) is 2.07. The van der Waals surface area contributed by atoms with Crippen LogP contribution in [0.1, 0.15) is 21.5 Å². The summed E-state index contributed by atoms with van der Waals surface area (Å²) < 4.78 is 4.89. The van der Waals surface area contributed by atoms with E-state index in [4.69, 9.17) is 4.74 Å². The molecule has 0 aromatic heterocycles. The van der Waals surface area contributed by atoms with Gasteiger partial charge in [0.1, 0.15) is 0 Å². The van der Waals surface area contributed by atoms with E-state index < -0.39 is 23.4 Å². The zero-order valence-corrected chi connectivity index (χ0v) is 13.2. The lowest BCUT2D eigenvalue weighted by atomic mass is 10.1. The molecule has 0 unspecified atom stereocenters. The van der Waals surface area contributed by atoms with Crippen LogP contribution in [0.4, 0.5) is 11.4 Å². The third-order valence-electron chi connectivity index (χ3n) is 3.28. The monoisotopic (exact) mass is 328 g/mol. The number of carbonyl (C=O) groups excluding carboxylic acids is 2. The van der Waals surface area contributed by atoms with Crippen molar-refractivity contribution in [2.24, 2.45) is 0 Å². The summed E-state index contributed by atoms with van der Waals surface area (Å²) in [4.78, 5) is 34.0. The van der Waals surface area contributed by atoms with Gasteiger partial charge in [0.25, 0.3) is 11.6 Å². The lowest BCUT2D eigenvalue weighted by molar-refractivity contribution is -0.385. The molecule has 0 radical (unpaired) electrons. The van der Waals surface area contributed by atoms with Gasteiger partial charge in [-0.1, -0.05) is 18.2 Å². The molecular weight excluding hydrogens is 312 g/mol. The van der Waals surface area contributed by atoms with Crippen molar-refractivity contribution in [1.29, 1.82) is 0 Å². The summed E-state index contributed by atoms with van der Waals surface area (Å²) in [5, 5.41) is 13.5. The van der Waals surface area contributed by atoms with E-state index in [2.05, 4.69) is 5.32 Å². The first-order chi connectivity index (χ1) is 11.4. The number of nitrogens with zero attached hydrogens (tertiary/aromatic N) is 1. The number of esters is 1. The number of ether oxygens (including phenoxy) is 1. The summed E-state index contributed by atoms with van der Waals surface area (Å²) in [5.74, 6) is -1.28. The van der Waals surface area contributed by atoms with Gasteiger partial charge in [0.15, 0.2) is 6.61 Å². The van der Waals surface area contributed by atoms with Crippen molar-refractivity contribution in [3.63, 3.8) is 0 Å². The van der Waals surface area contributed by atoms with Crippen molar-refractivity contribution in [3.05, 3.63) is 69.3 Å². The van der Waals surface area contributed by atoms with E-state index in [0.29, 0.717) is 11.3 Å². The Bertz CT molecular complexity index is 801. The highest BCUT2D eigenvalue weighted by atomic mass is 16.6. The Balaban J connectivity index is 1.96. The van der Waals surface area contributed by atoms with Crippen molar-refractivity contribution in [2.75, 3.05) is 11.9 Å². The molecule has 0 saturated carbocycles. The fourth-order valence-corrected chi connectivity index (χ4v) is 2.07. The van der Waals surface area contributed by atoms with Gasteiger partial charge in [-0.05, 0) is 37.6 Å². The second kappa shape index (κ2) is 7.36. The van der Waals surface area contributed by atoms with Crippen LogP contribution in [0.5, 0.6) is 0 Å². The average molecular weight is 328 g/mol. The van der Waals surface area contributed by atoms with Crippen LogP contribution < -0.4 is 5.32 Å². The predicted octanol–water partition coefficient (Wildman–Crippen LogP) is 3.01. The summed E-state index contributed by atoms with van der Waals surface area (Å²) >= 11 is 0. The first-order valence-electron chi connectivity index (χ1n) is 7.15. The molecule has 0 aliphatic carbocycles. The number of benzene rings is 2. The first-order valence-corrected chi connectivity index (χ1v) is 7.15. The number of hydrogen-bond acceptors (Lipinski definition) is 5. The van der Waals surface area contributed by atoms with Crippen molar-refractivity contribution < 1.29 is 19.2 Å². The molecule has 7 nitrogen and oxygen atoms in total. The number of amides is 1. The zero-order chi connectivity index (χ0) is 17.7. The van der Waals surface area contributed by atoms with Gasteiger partial charge in [0, 0.05) is 17.3 Å². The Hall–Kier alpha value is -3.22. The third-order valence-corrected chi connectivity index (χ3v) is 3.28. The fraction of sp³-hybridized carbons (Fsp3) is 0.176. The zero-order valence-electron chi connectivity index (χ0n) is 13.2. The molecule has 2 aromatic rings. The van der Waals surface area contributed by atoms with Gasteiger partial charge in [-0.15, -0.1) is 0 Å². The van der Waals surface area contributed by atoms with Gasteiger partial charge >= 0.3 is 5.97 Å². The Morgan fingerprint density at radius 2 is 1.92 bits per heavy atom. The Labute approximate surface area is 138 Å². The van der Waals surface area contributed by atoms with Crippen LogP contribution in [-0.4, -0.2) is 23.4 Å². The molecule has 0 fully saturated rings. The second-order valence-electron chi connectivity index (χ2n) is 5.25. The maximum Gasteiger partial charge on any atom is 0.338 e. The lowest BCUT2D eigenvalue weighted by Crippen LogP contribution is -2.21. The van der Waals surface area contributed by atoms with Crippen LogP contribution in [0.15, 0.2) is 42.5 Å². The predicted molar refractivity (Wildman–Crippen MR) is 87.9 cm³/mol. The van der Waals surface area contributed by atoms with Crippen LogP contribution in [0, 0.1) is 24.0 Å². The molecule has 24 heavy (non-hydrogen) atoms. The smallest absolute Gasteiger partial charge is 0.338 e. The molecule has 0 saturated heterocycles. The molecule has 2 aromatic carbocycles. The van der Waals surface area contributed by atoms with Gasteiger partial charge < -0.3 is 10.1 Å². The highest BCUT2D eigenvalue weighted by Crippen LogP contribution is 2.19. The Kier molecular flexibility index (Phi) is 5.26. The third kappa shape index (κ3) is 4.39. The standard InChI is InChI=1S/C17H16N2O5/c1-11-4-3-5-14(8-11)18-16(20)10-24-17(21)13-7-6-12(2)15(9-13)19(22)23/h3-9H,10H2,1-2H3,(H,18,20). The van der Waals surface area contributed by atoms with Gasteiger partial charge in [0.2, 0.25) is 0 Å². The summed E-state index contributed by atoms with van der Waals surface area (Å²) in [6.45, 7) is 2.98. The molecule has 2 rings (SSSR count). The molecule has 0 spiro atoms. The van der Waals surface area contributed by atoms with Crippen LogP contribution in [0.25, 0.3) is 0 Å². The van der Waals surface area contributed by atoms with E-state index >= 15 is 0 Å². The SMILES string of the molecule is Cc1cccc(NC(=O)COC(=O)c2ccc(C)c([N+](=O)[O-])c2)c1. The molecule has 0 bridgehead atoms. The van der Waals surface area contributed by atoms with Crippen LogP contribution in [-0.2, 0) is 9.53 Å². The second-order valence-corrected chi connectivity index (χ2v) is 5.25. The summed E-state index contributed by atoms with van der Waals surface area (Å²) in [6.07, 6.45) is 0. The van der Waals surface area contributed by atoms with E-state index in [-0.39, 0.29) is 11.3 Å². The van der Waals surface area contributed by atoms with Gasteiger partial charge in [-0.25, -0.2) is 4.79 Å². The number of rotatable bonds is 5. The highest BCUT2D eigenvalue weighted by molar-refractivity contribution is 5.95. The van der Waals surface area contributed by atoms with Gasteiger partial charge in [-0.3, -0.25) is 14.9 Å². The first kappa shape index (κ1) is 17.1. The molecule has 0 heterocycles. The summed E-state index contributed by atoms with van der Waals surface area (Å²) in [5.41, 5.74) is 1.87. The van der Waals surface area contributed by atoms with Gasteiger partial charge in [-0.2, -0.15) is 0 Å². The van der Waals surface area contributed by atoms with Crippen LogP contribution in [0.3, 0.4) is 0 Å². The van der Waals surface area contributed by atoms with Gasteiger partial charge in [0.05, 0.1) is 10.5 Å². The Morgan fingerprint density at radius 1 is 1.17 bits per heavy atom. The molecule has 0 atom stereocenters. The minimum atomic E-state index is -0.794. The number of anilines is 1. The van der Waals surface area contributed by atoms with Crippen LogP contribution >= 0.6 is 0 Å². The minimum Gasteiger partial charge on any atom is -0.452 e. The molecular formula is C17H16N2O5. The minimum absolute atomic E-state index is 0.0238. The molecule has 1 amide bonds. The summed E-state index contributed by atoms with van der Waals surface area (Å²) in [7, 11) is 0. The quantitative estimate of drug-likeness (QED) is 0.517. The van der Waals surface area contributed by atoms with E-state index in [1.165, 1.54) is 12.1 Å². The molecule has 7 heteroatoms. The lowest BCUT2D eigenvalue weighted by Gasteiger charge is -2.07. The van der Waals surface area contributed by atoms with E-state index in [1.54, 1.807) is 25.1 Å². The van der Waals surface area contributed by atoms with Crippen molar-refractivity contribution >= 4 is 23.3 Å². The van der Waals surface area contributed by atoms with Crippen molar-refractivity contribution in [1.82, 2.24) is 0 Å².